The first-order valence-electron chi connectivity index (χ1n) is 3.26. The van der Waals surface area contributed by atoms with E-state index in [1.165, 1.54) is 0 Å². The summed E-state index contributed by atoms with van der Waals surface area (Å²) >= 11 is 0. The number of ether oxygens (including phenoxy) is 2. The molecule has 4 heteroatoms. The highest BCUT2D eigenvalue weighted by atomic mass is 16.6. The number of fused-ring (bicyclic) bond motifs is 2. The number of carbonyl (C=O) groups is 1. The van der Waals surface area contributed by atoms with E-state index in [0.717, 1.165) is 0 Å². The van der Waals surface area contributed by atoms with Crippen LogP contribution >= 0.6 is 0 Å². The molecule has 0 spiro atoms. The fraction of sp³-hybridized carbons (Fsp3) is 0.833. The van der Waals surface area contributed by atoms with E-state index in [4.69, 9.17) is 9.47 Å². The summed E-state index contributed by atoms with van der Waals surface area (Å²) in [7, 11) is 0. The Bertz CT molecular complexity index is 151. The van der Waals surface area contributed by atoms with Crippen molar-refractivity contribution in [3.05, 3.63) is 0 Å². The summed E-state index contributed by atoms with van der Waals surface area (Å²) in [6.07, 6.45) is -1.13. The Balaban J connectivity index is 2.16. The van der Waals surface area contributed by atoms with Gasteiger partial charge >= 0.3 is 5.97 Å². The first kappa shape index (κ1) is 6.12. The standard InChI is InChI=1S/C6H8O4/c7-5-1-3-6(8)4(10-5)2-9-3/h3-4,6,8H,1-2H2/t3-,4-,6+/m1/s1. The predicted octanol–water partition coefficient (Wildman–Crippen LogP) is -0.938. The number of hydrogen-bond acceptors (Lipinski definition) is 4. The lowest BCUT2D eigenvalue weighted by molar-refractivity contribution is -0.160. The Morgan fingerprint density at radius 1 is 1.50 bits per heavy atom. The van der Waals surface area contributed by atoms with Crippen LogP contribution in [0, 0.1) is 0 Å². The van der Waals surface area contributed by atoms with E-state index in [1.54, 1.807) is 0 Å². The Hall–Kier alpha value is -0.610. The SMILES string of the molecule is O=C1C[C@H]2OC[C@@H](O1)[C@H]2O. The Kier molecular flexibility index (Phi) is 1.18. The van der Waals surface area contributed by atoms with Gasteiger partial charge in [-0.2, -0.15) is 0 Å². The zero-order valence-electron chi connectivity index (χ0n) is 5.32. The van der Waals surface area contributed by atoms with Crippen LogP contribution in [0.1, 0.15) is 6.42 Å². The van der Waals surface area contributed by atoms with Gasteiger partial charge < -0.3 is 14.6 Å². The quantitative estimate of drug-likeness (QED) is 0.446. The second kappa shape index (κ2) is 1.93. The van der Waals surface area contributed by atoms with E-state index in [-0.39, 0.29) is 18.5 Å². The van der Waals surface area contributed by atoms with Crippen LogP contribution in [0.4, 0.5) is 0 Å². The van der Waals surface area contributed by atoms with Crippen molar-refractivity contribution < 1.29 is 19.4 Å². The largest absolute Gasteiger partial charge is 0.457 e. The lowest BCUT2D eigenvalue weighted by Crippen LogP contribution is -2.40. The molecule has 56 valence electrons. The lowest BCUT2D eigenvalue weighted by Gasteiger charge is -2.22. The molecule has 0 aromatic carbocycles. The average Bonchev–Trinajstić information content (AvgIpc) is 2.20. The van der Waals surface area contributed by atoms with Gasteiger partial charge in [0.1, 0.15) is 6.10 Å². The molecule has 1 N–H and O–H groups in total. The Morgan fingerprint density at radius 3 is 3.00 bits per heavy atom. The highest BCUT2D eigenvalue weighted by Gasteiger charge is 2.44. The highest BCUT2D eigenvalue weighted by Crippen LogP contribution is 2.25. The number of carbonyl (C=O) groups excluding carboxylic acids is 1. The zero-order valence-corrected chi connectivity index (χ0v) is 5.32. The monoisotopic (exact) mass is 144 g/mol. The first-order chi connectivity index (χ1) is 4.77. The molecule has 3 atom stereocenters. The number of hydrogen-bond donors (Lipinski definition) is 1. The average molecular weight is 144 g/mol. The Labute approximate surface area is 57.7 Å². The zero-order chi connectivity index (χ0) is 7.14. The van der Waals surface area contributed by atoms with E-state index >= 15 is 0 Å². The molecule has 2 aliphatic heterocycles. The van der Waals surface area contributed by atoms with Crippen molar-refractivity contribution in [1.82, 2.24) is 0 Å². The maximum absolute atomic E-state index is 10.7. The lowest BCUT2D eigenvalue weighted by atomic mass is 10.1. The van der Waals surface area contributed by atoms with Crippen LogP contribution in [-0.2, 0) is 14.3 Å². The van der Waals surface area contributed by atoms with E-state index in [0.29, 0.717) is 6.61 Å². The smallest absolute Gasteiger partial charge is 0.308 e. The topological polar surface area (TPSA) is 55.8 Å². The molecule has 2 aliphatic rings. The molecule has 0 aromatic rings. The molecule has 2 rings (SSSR count). The van der Waals surface area contributed by atoms with Gasteiger partial charge in [0, 0.05) is 0 Å². The van der Waals surface area contributed by atoms with Crippen molar-refractivity contribution >= 4 is 5.97 Å². The number of aliphatic hydroxyl groups excluding tert-OH is 1. The maximum atomic E-state index is 10.7. The van der Waals surface area contributed by atoms with Crippen LogP contribution in [0.2, 0.25) is 0 Å². The Morgan fingerprint density at radius 2 is 2.30 bits per heavy atom. The molecule has 0 radical (unpaired) electrons. The molecule has 2 heterocycles. The highest BCUT2D eigenvalue weighted by molar-refractivity contribution is 5.71. The molecule has 0 aromatic heterocycles. The minimum Gasteiger partial charge on any atom is -0.457 e. The molecule has 2 fully saturated rings. The summed E-state index contributed by atoms with van der Waals surface area (Å²) in [5.41, 5.74) is 0. The van der Waals surface area contributed by atoms with Gasteiger partial charge in [-0.3, -0.25) is 4.79 Å². The van der Waals surface area contributed by atoms with Crippen LogP contribution < -0.4 is 0 Å². The van der Waals surface area contributed by atoms with E-state index in [1.807, 2.05) is 0 Å². The van der Waals surface area contributed by atoms with Gasteiger partial charge in [0.05, 0.1) is 19.1 Å². The van der Waals surface area contributed by atoms with E-state index in [9.17, 15) is 9.90 Å². The number of aliphatic hydroxyl groups is 1. The molecule has 2 bridgehead atoms. The molecule has 2 saturated heterocycles. The van der Waals surface area contributed by atoms with Crippen molar-refractivity contribution in [1.29, 1.82) is 0 Å². The summed E-state index contributed by atoms with van der Waals surface area (Å²) in [5.74, 6) is -0.266. The van der Waals surface area contributed by atoms with Crippen molar-refractivity contribution in [3.63, 3.8) is 0 Å². The summed E-state index contributed by atoms with van der Waals surface area (Å²) in [5, 5.41) is 9.22. The van der Waals surface area contributed by atoms with Crippen LogP contribution in [0.5, 0.6) is 0 Å². The van der Waals surface area contributed by atoms with Gasteiger partial charge in [-0.25, -0.2) is 0 Å². The molecule has 0 unspecified atom stereocenters. The van der Waals surface area contributed by atoms with Crippen LogP contribution in [0.15, 0.2) is 0 Å². The van der Waals surface area contributed by atoms with Gasteiger partial charge in [0.2, 0.25) is 0 Å². The van der Waals surface area contributed by atoms with Crippen molar-refractivity contribution in [2.75, 3.05) is 6.61 Å². The third-order valence-electron chi connectivity index (χ3n) is 1.89. The van der Waals surface area contributed by atoms with Gasteiger partial charge in [-0.05, 0) is 0 Å². The molecule has 0 aliphatic carbocycles. The first-order valence-corrected chi connectivity index (χ1v) is 3.26. The normalized spacial score (nSPS) is 45.3. The van der Waals surface area contributed by atoms with E-state index < -0.39 is 12.2 Å². The summed E-state index contributed by atoms with van der Waals surface area (Å²) < 4.78 is 9.84. The third-order valence-corrected chi connectivity index (χ3v) is 1.89. The van der Waals surface area contributed by atoms with Crippen LogP contribution in [0.25, 0.3) is 0 Å². The molecule has 0 saturated carbocycles. The fourth-order valence-corrected chi connectivity index (χ4v) is 1.32. The van der Waals surface area contributed by atoms with Gasteiger partial charge in [-0.1, -0.05) is 0 Å². The predicted molar refractivity (Wildman–Crippen MR) is 30.2 cm³/mol. The molecular weight excluding hydrogens is 136 g/mol. The minimum absolute atomic E-state index is 0.192. The van der Waals surface area contributed by atoms with Gasteiger partial charge in [0.25, 0.3) is 0 Å². The van der Waals surface area contributed by atoms with Crippen molar-refractivity contribution in [2.24, 2.45) is 0 Å². The summed E-state index contributed by atoms with van der Waals surface area (Å²) in [6.45, 7) is 0.345. The van der Waals surface area contributed by atoms with Gasteiger partial charge in [-0.15, -0.1) is 0 Å². The molecular formula is C6H8O4. The fourth-order valence-electron chi connectivity index (χ4n) is 1.32. The molecule has 4 nitrogen and oxygen atoms in total. The molecule has 10 heavy (non-hydrogen) atoms. The van der Waals surface area contributed by atoms with Crippen molar-refractivity contribution in [3.8, 4) is 0 Å². The van der Waals surface area contributed by atoms with E-state index in [2.05, 4.69) is 0 Å². The van der Waals surface area contributed by atoms with Gasteiger partial charge in [0.15, 0.2) is 6.10 Å². The maximum Gasteiger partial charge on any atom is 0.308 e. The minimum atomic E-state index is -0.599. The molecule has 0 amide bonds. The van der Waals surface area contributed by atoms with Crippen LogP contribution in [-0.4, -0.2) is 36.0 Å². The number of esters is 1. The van der Waals surface area contributed by atoms with Crippen molar-refractivity contribution in [2.45, 2.75) is 24.7 Å². The second-order valence-corrected chi connectivity index (χ2v) is 2.59. The summed E-state index contributed by atoms with van der Waals surface area (Å²) in [6, 6.07) is 0. The summed E-state index contributed by atoms with van der Waals surface area (Å²) in [4.78, 5) is 10.7. The number of rotatable bonds is 0. The van der Waals surface area contributed by atoms with Crippen LogP contribution in [0.3, 0.4) is 0 Å². The third kappa shape index (κ3) is 0.726. The second-order valence-electron chi connectivity index (χ2n) is 2.59.